The van der Waals surface area contributed by atoms with Crippen molar-refractivity contribution in [2.45, 2.75) is 39.5 Å². The summed E-state index contributed by atoms with van der Waals surface area (Å²) >= 11 is 1.97. The molecule has 3 N–H and O–H groups in total. The zero-order chi connectivity index (χ0) is 13.1. The van der Waals surface area contributed by atoms with E-state index in [1.54, 1.807) is 7.11 Å². The molecule has 0 aromatic heterocycles. The standard InChI is InChI=1S/C12H26N2O2S/c1-12(2,11(13)14-15)7-4-5-9-17-10-6-8-16-3/h15H,4-10H2,1-3H3,(H2,13,14). The third-order valence-electron chi connectivity index (χ3n) is 2.78. The van der Waals surface area contributed by atoms with Crippen LogP contribution >= 0.6 is 11.8 Å². The van der Waals surface area contributed by atoms with E-state index in [0.717, 1.165) is 31.6 Å². The molecule has 4 nitrogen and oxygen atoms in total. The summed E-state index contributed by atoms with van der Waals surface area (Å²) in [6.45, 7) is 4.87. The van der Waals surface area contributed by atoms with Crippen molar-refractivity contribution in [2.75, 3.05) is 25.2 Å². The van der Waals surface area contributed by atoms with Gasteiger partial charge in [-0.15, -0.1) is 0 Å². The molecule has 0 unspecified atom stereocenters. The van der Waals surface area contributed by atoms with Crippen LogP contribution in [0.3, 0.4) is 0 Å². The first-order valence-corrected chi connectivity index (χ1v) is 7.24. The van der Waals surface area contributed by atoms with Gasteiger partial charge in [0, 0.05) is 19.1 Å². The van der Waals surface area contributed by atoms with Crippen molar-refractivity contribution < 1.29 is 9.94 Å². The van der Waals surface area contributed by atoms with E-state index in [9.17, 15) is 0 Å². The van der Waals surface area contributed by atoms with E-state index in [1.165, 1.54) is 12.2 Å². The Kier molecular flexibility index (Phi) is 9.36. The van der Waals surface area contributed by atoms with Crippen LogP contribution in [0.4, 0.5) is 0 Å². The lowest BCUT2D eigenvalue weighted by Gasteiger charge is -2.22. The first-order chi connectivity index (χ1) is 8.04. The maximum Gasteiger partial charge on any atom is 0.144 e. The highest BCUT2D eigenvalue weighted by molar-refractivity contribution is 7.99. The summed E-state index contributed by atoms with van der Waals surface area (Å²) in [4.78, 5) is 0. The second-order valence-electron chi connectivity index (χ2n) is 4.78. The number of nitrogens with zero attached hydrogens (tertiary/aromatic N) is 1. The Morgan fingerprint density at radius 1 is 1.29 bits per heavy atom. The summed E-state index contributed by atoms with van der Waals surface area (Å²) in [6.07, 6.45) is 4.37. The van der Waals surface area contributed by atoms with Crippen molar-refractivity contribution in [1.82, 2.24) is 0 Å². The van der Waals surface area contributed by atoms with Crippen molar-refractivity contribution in [3.8, 4) is 0 Å². The zero-order valence-electron chi connectivity index (χ0n) is 11.2. The number of hydrogen-bond acceptors (Lipinski definition) is 4. The molecule has 0 radical (unpaired) electrons. The third kappa shape index (κ3) is 8.32. The highest BCUT2D eigenvalue weighted by Crippen LogP contribution is 2.23. The second-order valence-corrected chi connectivity index (χ2v) is 6.01. The SMILES string of the molecule is COCCCSCCCCC(C)(C)C(N)=NO. The average molecular weight is 262 g/mol. The fourth-order valence-electron chi connectivity index (χ4n) is 1.44. The number of oxime groups is 1. The fraction of sp³-hybridized carbons (Fsp3) is 0.917. The summed E-state index contributed by atoms with van der Waals surface area (Å²) in [5.74, 6) is 2.67. The quantitative estimate of drug-likeness (QED) is 0.209. The molecule has 0 saturated carbocycles. The minimum Gasteiger partial charge on any atom is -0.409 e. The van der Waals surface area contributed by atoms with E-state index < -0.39 is 0 Å². The van der Waals surface area contributed by atoms with Gasteiger partial charge in [0.1, 0.15) is 5.84 Å². The van der Waals surface area contributed by atoms with Gasteiger partial charge in [-0.3, -0.25) is 0 Å². The number of hydrogen-bond donors (Lipinski definition) is 2. The van der Waals surface area contributed by atoms with E-state index in [2.05, 4.69) is 5.16 Å². The van der Waals surface area contributed by atoms with Crippen LogP contribution in [0.5, 0.6) is 0 Å². The smallest absolute Gasteiger partial charge is 0.144 e. The van der Waals surface area contributed by atoms with Crippen molar-refractivity contribution in [2.24, 2.45) is 16.3 Å². The molecule has 0 aliphatic carbocycles. The number of nitrogens with two attached hydrogens (primary N) is 1. The van der Waals surface area contributed by atoms with Gasteiger partial charge in [0.05, 0.1) is 0 Å². The number of thioether (sulfide) groups is 1. The predicted molar refractivity (Wildman–Crippen MR) is 74.9 cm³/mol. The largest absolute Gasteiger partial charge is 0.409 e. The summed E-state index contributed by atoms with van der Waals surface area (Å²) in [5.41, 5.74) is 5.43. The summed E-state index contributed by atoms with van der Waals surface area (Å²) < 4.78 is 4.99. The molecular weight excluding hydrogens is 236 g/mol. The number of rotatable bonds is 10. The van der Waals surface area contributed by atoms with Gasteiger partial charge in [-0.2, -0.15) is 11.8 Å². The molecule has 0 bridgehead atoms. The molecule has 0 fully saturated rings. The van der Waals surface area contributed by atoms with Crippen LogP contribution in [-0.4, -0.2) is 36.3 Å². The molecule has 0 spiro atoms. The summed E-state index contributed by atoms with van der Waals surface area (Å²) in [5, 5.41) is 11.7. The minimum absolute atomic E-state index is 0.199. The van der Waals surface area contributed by atoms with Crippen LogP contribution in [-0.2, 0) is 4.74 Å². The Balaban J connectivity index is 3.45. The average Bonchev–Trinajstić information content (AvgIpc) is 2.31. The van der Waals surface area contributed by atoms with Crippen molar-refractivity contribution >= 4 is 17.6 Å². The summed E-state index contributed by atoms with van der Waals surface area (Å²) in [6, 6.07) is 0. The molecule has 0 amide bonds. The van der Waals surface area contributed by atoms with Crippen molar-refractivity contribution in [3.63, 3.8) is 0 Å². The van der Waals surface area contributed by atoms with Crippen LogP contribution in [0, 0.1) is 5.41 Å². The Labute approximate surface area is 109 Å². The molecule has 0 aromatic carbocycles. The molecule has 5 heteroatoms. The Bertz CT molecular complexity index is 221. The third-order valence-corrected chi connectivity index (χ3v) is 3.93. The van der Waals surface area contributed by atoms with Gasteiger partial charge < -0.3 is 15.7 Å². The lowest BCUT2D eigenvalue weighted by Crippen LogP contribution is -2.31. The molecule has 17 heavy (non-hydrogen) atoms. The lowest BCUT2D eigenvalue weighted by molar-refractivity contribution is 0.200. The maximum absolute atomic E-state index is 8.64. The molecule has 0 aromatic rings. The maximum atomic E-state index is 8.64. The molecule has 0 atom stereocenters. The van der Waals surface area contributed by atoms with Gasteiger partial charge in [0.2, 0.25) is 0 Å². The molecular formula is C12H26N2O2S. The number of unbranched alkanes of at least 4 members (excludes halogenated alkanes) is 1. The number of ether oxygens (including phenoxy) is 1. The zero-order valence-corrected chi connectivity index (χ0v) is 12.1. The highest BCUT2D eigenvalue weighted by atomic mass is 32.2. The first-order valence-electron chi connectivity index (χ1n) is 6.09. The highest BCUT2D eigenvalue weighted by Gasteiger charge is 2.22. The Morgan fingerprint density at radius 2 is 1.94 bits per heavy atom. The fourth-order valence-corrected chi connectivity index (χ4v) is 2.38. The van der Waals surface area contributed by atoms with E-state index in [1.807, 2.05) is 25.6 Å². The van der Waals surface area contributed by atoms with E-state index in [0.29, 0.717) is 5.84 Å². The van der Waals surface area contributed by atoms with E-state index in [-0.39, 0.29) is 5.41 Å². The van der Waals surface area contributed by atoms with Gasteiger partial charge in [-0.1, -0.05) is 25.4 Å². The van der Waals surface area contributed by atoms with Gasteiger partial charge >= 0.3 is 0 Å². The molecule has 0 saturated heterocycles. The topological polar surface area (TPSA) is 67.8 Å². The van der Waals surface area contributed by atoms with Crippen LogP contribution in [0.1, 0.15) is 39.5 Å². The monoisotopic (exact) mass is 262 g/mol. The van der Waals surface area contributed by atoms with Gasteiger partial charge in [0.25, 0.3) is 0 Å². The second kappa shape index (κ2) is 9.59. The number of methoxy groups -OCH3 is 1. The van der Waals surface area contributed by atoms with Crippen LogP contribution < -0.4 is 5.73 Å². The molecule has 102 valence electrons. The molecule has 0 heterocycles. The first kappa shape index (κ1) is 16.6. The van der Waals surface area contributed by atoms with Crippen LogP contribution in [0.25, 0.3) is 0 Å². The van der Waals surface area contributed by atoms with Gasteiger partial charge in [0.15, 0.2) is 0 Å². The minimum atomic E-state index is -0.199. The van der Waals surface area contributed by atoms with Crippen LogP contribution in [0.15, 0.2) is 5.16 Å². The Morgan fingerprint density at radius 3 is 2.53 bits per heavy atom. The molecule has 0 aliphatic heterocycles. The van der Waals surface area contributed by atoms with Crippen LogP contribution in [0.2, 0.25) is 0 Å². The normalized spacial score (nSPS) is 13.0. The van der Waals surface area contributed by atoms with Crippen molar-refractivity contribution in [1.29, 1.82) is 0 Å². The number of amidine groups is 1. The predicted octanol–water partition coefficient (Wildman–Crippen LogP) is 2.70. The summed E-state index contributed by atoms with van der Waals surface area (Å²) in [7, 11) is 1.74. The Hall–Kier alpha value is -0.420. The van der Waals surface area contributed by atoms with Crippen molar-refractivity contribution in [3.05, 3.63) is 0 Å². The molecule has 0 aliphatic rings. The van der Waals surface area contributed by atoms with E-state index in [4.69, 9.17) is 15.7 Å². The molecule has 0 rings (SSSR count). The van der Waals surface area contributed by atoms with Gasteiger partial charge in [-0.25, -0.2) is 0 Å². The lowest BCUT2D eigenvalue weighted by atomic mass is 9.86. The van der Waals surface area contributed by atoms with Gasteiger partial charge in [-0.05, 0) is 30.8 Å². The van der Waals surface area contributed by atoms with E-state index >= 15 is 0 Å².